The first kappa shape index (κ1) is 20.4. The van der Waals surface area contributed by atoms with E-state index in [0.29, 0.717) is 5.56 Å². The minimum Gasteiger partial charge on any atom is -0.507 e. The van der Waals surface area contributed by atoms with Crippen molar-refractivity contribution >= 4 is 17.9 Å². The Balaban J connectivity index is 2.39. The summed E-state index contributed by atoms with van der Waals surface area (Å²) in [5.74, 6) is -0.741. The molecule has 0 spiro atoms. The SMILES string of the molecule is CC(C)(C)c1cc(C(=O)OCc2nc(N)nc(N)n2)c(O)c(C(C)(C)C)c1. The van der Waals surface area contributed by atoms with Crippen LogP contribution in [-0.2, 0) is 22.2 Å². The average Bonchev–Trinajstić information content (AvgIpc) is 2.49. The first-order valence-electron chi connectivity index (χ1n) is 8.60. The molecule has 2 aromatic rings. The minimum absolute atomic E-state index is 0.0545. The number of nitrogen functional groups attached to an aromatic ring is 2. The third-order valence-corrected chi connectivity index (χ3v) is 4.05. The monoisotopic (exact) mass is 373 g/mol. The van der Waals surface area contributed by atoms with Crippen LogP contribution >= 0.6 is 0 Å². The Bertz CT molecular complexity index is 847. The van der Waals surface area contributed by atoms with Crippen molar-refractivity contribution in [1.29, 1.82) is 0 Å². The number of hydrogen-bond acceptors (Lipinski definition) is 8. The number of nitrogens with zero attached hydrogens (tertiary/aromatic N) is 3. The van der Waals surface area contributed by atoms with E-state index in [2.05, 4.69) is 15.0 Å². The summed E-state index contributed by atoms with van der Waals surface area (Å²) in [6.07, 6.45) is 0. The molecule has 0 aliphatic rings. The number of hydrogen-bond donors (Lipinski definition) is 3. The molecule has 8 nitrogen and oxygen atoms in total. The number of phenolic OH excluding ortho intramolecular Hbond substituents is 1. The van der Waals surface area contributed by atoms with Gasteiger partial charge in [0.2, 0.25) is 11.9 Å². The topological polar surface area (TPSA) is 137 Å². The molecule has 0 atom stereocenters. The van der Waals surface area contributed by atoms with Crippen molar-refractivity contribution in [3.63, 3.8) is 0 Å². The first-order chi connectivity index (χ1) is 12.3. The average molecular weight is 373 g/mol. The normalized spacial score (nSPS) is 12.1. The van der Waals surface area contributed by atoms with Crippen LogP contribution in [0.25, 0.3) is 0 Å². The Morgan fingerprint density at radius 2 is 1.56 bits per heavy atom. The third-order valence-electron chi connectivity index (χ3n) is 4.05. The van der Waals surface area contributed by atoms with Gasteiger partial charge in [0, 0.05) is 5.56 Å². The smallest absolute Gasteiger partial charge is 0.342 e. The predicted octanol–water partition coefficient (Wildman–Crippen LogP) is 2.69. The molecule has 0 aliphatic carbocycles. The lowest BCUT2D eigenvalue weighted by atomic mass is 9.79. The number of esters is 1. The summed E-state index contributed by atoms with van der Waals surface area (Å²) in [5.41, 5.74) is 12.2. The van der Waals surface area contributed by atoms with Gasteiger partial charge in [-0.25, -0.2) is 4.79 Å². The molecule has 146 valence electrons. The fourth-order valence-corrected chi connectivity index (χ4v) is 2.52. The van der Waals surface area contributed by atoms with Crippen LogP contribution in [-0.4, -0.2) is 26.0 Å². The van der Waals surface area contributed by atoms with Crippen molar-refractivity contribution in [2.75, 3.05) is 11.5 Å². The zero-order valence-electron chi connectivity index (χ0n) is 16.6. The van der Waals surface area contributed by atoms with Crippen LogP contribution in [0.5, 0.6) is 5.75 Å². The van der Waals surface area contributed by atoms with Crippen molar-refractivity contribution in [2.45, 2.75) is 59.0 Å². The van der Waals surface area contributed by atoms with Gasteiger partial charge < -0.3 is 21.3 Å². The number of phenols is 1. The molecule has 0 bridgehead atoms. The highest BCUT2D eigenvalue weighted by Crippen LogP contribution is 2.38. The largest absolute Gasteiger partial charge is 0.507 e. The van der Waals surface area contributed by atoms with Gasteiger partial charge in [0.05, 0.1) is 0 Å². The van der Waals surface area contributed by atoms with E-state index in [1.165, 1.54) is 0 Å². The van der Waals surface area contributed by atoms with E-state index in [0.717, 1.165) is 5.56 Å². The summed E-state index contributed by atoms with van der Waals surface area (Å²) in [6.45, 7) is 11.8. The molecule has 0 radical (unpaired) electrons. The van der Waals surface area contributed by atoms with E-state index in [1.54, 1.807) is 6.07 Å². The molecule has 0 saturated carbocycles. The van der Waals surface area contributed by atoms with Gasteiger partial charge in [0.25, 0.3) is 0 Å². The Hall–Kier alpha value is -2.90. The second-order valence-corrected chi connectivity index (χ2v) is 8.46. The van der Waals surface area contributed by atoms with Crippen molar-refractivity contribution in [3.05, 3.63) is 34.6 Å². The van der Waals surface area contributed by atoms with Crippen molar-refractivity contribution in [3.8, 4) is 5.75 Å². The van der Waals surface area contributed by atoms with Gasteiger partial charge in [-0.1, -0.05) is 47.6 Å². The van der Waals surface area contributed by atoms with Gasteiger partial charge in [-0.2, -0.15) is 15.0 Å². The highest BCUT2D eigenvalue weighted by molar-refractivity contribution is 5.93. The van der Waals surface area contributed by atoms with Gasteiger partial charge in [-0.3, -0.25) is 0 Å². The number of anilines is 2. The fraction of sp³-hybridized carbons (Fsp3) is 0.474. The summed E-state index contributed by atoms with van der Waals surface area (Å²) < 4.78 is 5.28. The fourth-order valence-electron chi connectivity index (χ4n) is 2.52. The molecular weight excluding hydrogens is 346 g/mol. The molecule has 0 fully saturated rings. The van der Waals surface area contributed by atoms with E-state index in [9.17, 15) is 9.90 Å². The summed E-state index contributed by atoms with van der Waals surface area (Å²) in [4.78, 5) is 24.1. The number of carbonyl (C=O) groups excluding carboxylic acids is 1. The first-order valence-corrected chi connectivity index (χ1v) is 8.60. The Morgan fingerprint density at radius 1 is 1.00 bits per heavy atom. The van der Waals surface area contributed by atoms with Crippen molar-refractivity contribution < 1.29 is 14.6 Å². The molecule has 0 aliphatic heterocycles. The summed E-state index contributed by atoms with van der Waals surface area (Å²) in [7, 11) is 0. The number of nitrogens with two attached hydrogens (primary N) is 2. The van der Waals surface area contributed by atoms with Crippen molar-refractivity contribution in [1.82, 2.24) is 15.0 Å². The lowest BCUT2D eigenvalue weighted by Gasteiger charge is -2.27. The van der Waals surface area contributed by atoms with Crippen LogP contribution in [0.15, 0.2) is 12.1 Å². The third kappa shape index (κ3) is 4.84. The van der Waals surface area contributed by atoms with Gasteiger partial charge in [0.15, 0.2) is 12.4 Å². The molecule has 0 saturated heterocycles. The second-order valence-electron chi connectivity index (χ2n) is 8.46. The van der Waals surface area contributed by atoms with E-state index in [1.807, 2.05) is 47.6 Å². The summed E-state index contributed by atoms with van der Waals surface area (Å²) in [5, 5.41) is 10.7. The minimum atomic E-state index is -0.679. The number of ether oxygens (including phenoxy) is 1. The van der Waals surface area contributed by atoms with Gasteiger partial charge >= 0.3 is 5.97 Å². The highest BCUT2D eigenvalue weighted by atomic mass is 16.5. The molecule has 1 aromatic heterocycles. The predicted molar refractivity (Wildman–Crippen MR) is 103 cm³/mol. The van der Waals surface area contributed by atoms with Crippen molar-refractivity contribution in [2.24, 2.45) is 0 Å². The number of aromatic nitrogens is 3. The van der Waals surface area contributed by atoms with Gasteiger partial charge in [-0.15, -0.1) is 0 Å². The molecule has 8 heteroatoms. The number of rotatable bonds is 3. The Labute approximate surface area is 159 Å². The van der Waals surface area contributed by atoms with Crippen LogP contribution in [0.4, 0.5) is 11.9 Å². The van der Waals surface area contributed by atoms with Gasteiger partial charge in [0.1, 0.15) is 11.3 Å². The zero-order valence-corrected chi connectivity index (χ0v) is 16.6. The number of carbonyl (C=O) groups is 1. The van der Waals surface area contributed by atoms with Crippen LogP contribution in [0.3, 0.4) is 0 Å². The van der Waals surface area contributed by atoms with Crippen LogP contribution in [0, 0.1) is 0 Å². The Morgan fingerprint density at radius 3 is 2.04 bits per heavy atom. The van der Waals surface area contributed by atoms with Gasteiger partial charge in [-0.05, 0) is 22.5 Å². The lowest BCUT2D eigenvalue weighted by molar-refractivity contribution is 0.0458. The van der Waals surface area contributed by atoms with Crippen LogP contribution in [0.2, 0.25) is 0 Å². The maximum Gasteiger partial charge on any atom is 0.342 e. The van der Waals surface area contributed by atoms with E-state index in [4.69, 9.17) is 16.2 Å². The molecule has 0 unspecified atom stereocenters. The standard InChI is InChI=1S/C19H27N5O3/c1-18(2,3)10-7-11(14(25)12(8-10)19(4,5)6)15(26)27-9-13-22-16(20)24-17(21)23-13/h7-8,25H,9H2,1-6H3,(H4,20,21,22,23,24). The molecule has 1 heterocycles. The molecule has 2 rings (SSSR count). The quantitative estimate of drug-likeness (QED) is 0.698. The van der Waals surface area contributed by atoms with Crippen LogP contribution in [0.1, 0.15) is 68.9 Å². The molecule has 1 aromatic carbocycles. The lowest BCUT2D eigenvalue weighted by Crippen LogP contribution is -2.19. The molecule has 27 heavy (non-hydrogen) atoms. The van der Waals surface area contributed by atoms with Crippen LogP contribution < -0.4 is 11.5 Å². The van der Waals surface area contributed by atoms with E-state index < -0.39 is 5.97 Å². The zero-order chi connectivity index (χ0) is 20.6. The highest BCUT2D eigenvalue weighted by Gasteiger charge is 2.27. The molecular formula is C19H27N5O3. The van der Waals surface area contributed by atoms with E-state index in [-0.39, 0.29) is 46.5 Å². The Kier molecular flexibility index (Phi) is 5.30. The maximum absolute atomic E-state index is 12.7. The second kappa shape index (κ2) is 7.02. The number of aromatic hydroxyl groups is 1. The van der Waals surface area contributed by atoms with E-state index >= 15 is 0 Å². The number of benzene rings is 1. The summed E-state index contributed by atoms with van der Waals surface area (Å²) in [6, 6.07) is 3.59. The summed E-state index contributed by atoms with van der Waals surface area (Å²) >= 11 is 0. The maximum atomic E-state index is 12.7. The molecule has 5 N–H and O–H groups in total. The molecule has 0 amide bonds.